The molecule has 0 spiro atoms. The highest BCUT2D eigenvalue weighted by atomic mass is 16.3. The van der Waals surface area contributed by atoms with Crippen LogP contribution in [0.3, 0.4) is 0 Å². The van der Waals surface area contributed by atoms with E-state index in [1.54, 1.807) is 42.5 Å². The van der Waals surface area contributed by atoms with Crippen LogP contribution in [0.15, 0.2) is 42.5 Å². The Kier molecular flexibility index (Phi) is 2.38. The molecule has 0 atom stereocenters. The lowest BCUT2D eigenvalue weighted by Gasteiger charge is -2.01. The molecule has 0 saturated carbocycles. The molecule has 71 valence electrons. The molecule has 0 aliphatic heterocycles. The summed E-state index contributed by atoms with van der Waals surface area (Å²) in [4.78, 5) is 0. The number of rotatable bonds is 1. The van der Waals surface area contributed by atoms with Crippen molar-refractivity contribution in [3.05, 3.63) is 54.1 Å². The Morgan fingerprint density at radius 1 is 1.13 bits per heavy atom. The average molecular weight is 194 g/mol. The molecule has 0 amide bonds. The van der Waals surface area contributed by atoms with Crippen LogP contribution in [0.1, 0.15) is 5.56 Å². The van der Waals surface area contributed by atoms with Crippen molar-refractivity contribution < 1.29 is 5.11 Å². The summed E-state index contributed by atoms with van der Waals surface area (Å²) in [6, 6.07) is 17.1. The minimum atomic E-state index is 0.232. The first kappa shape index (κ1) is 9.29. The highest BCUT2D eigenvalue weighted by molar-refractivity contribution is 5.65. The van der Waals surface area contributed by atoms with Crippen LogP contribution in [-0.4, -0.2) is 5.11 Å². The fraction of sp³-hybridized carbons (Fsp3) is 0. The molecule has 15 heavy (non-hydrogen) atoms. The smallest absolute Gasteiger partial charge is 0.115 e. The summed E-state index contributed by atoms with van der Waals surface area (Å²) in [6.45, 7) is 0. The molecular weight excluding hydrogens is 186 g/mol. The Hall–Kier alpha value is -2.27. The minimum Gasteiger partial charge on any atom is -0.508 e. The number of aromatic hydroxyl groups is 1. The lowest BCUT2D eigenvalue weighted by atomic mass is 10.0. The van der Waals surface area contributed by atoms with Gasteiger partial charge in [-0.25, -0.2) is 0 Å². The van der Waals surface area contributed by atoms with Gasteiger partial charge in [-0.2, -0.15) is 5.26 Å². The number of hydrogen-bond donors (Lipinski definition) is 1. The number of nitriles is 1. The number of phenolic OH excluding ortho intramolecular Hbond substituents is 1. The van der Waals surface area contributed by atoms with Gasteiger partial charge in [0.15, 0.2) is 0 Å². The quantitative estimate of drug-likeness (QED) is 0.758. The van der Waals surface area contributed by atoms with Crippen molar-refractivity contribution in [1.29, 1.82) is 5.26 Å². The second-order valence-corrected chi connectivity index (χ2v) is 3.15. The lowest BCUT2D eigenvalue weighted by molar-refractivity contribution is 0.475. The Bertz CT molecular complexity index is 509. The van der Waals surface area contributed by atoms with E-state index in [0.717, 1.165) is 11.1 Å². The second-order valence-electron chi connectivity index (χ2n) is 3.15. The number of hydrogen-bond acceptors (Lipinski definition) is 2. The number of nitrogens with zero attached hydrogens (tertiary/aromatic N) is 1. The van der Waals surface area contributed by atoms with Gasteiger partial charge in [-0.15, -0.1) is 0 Å². The highest BCUT2D eigenvalue weighted by Gasteiger charge is 1.99. The first-order valence-electron chi connectivity index (χ1n) is 4.51. The van der Waals surface area contributed by atoms with Gasteiger partial charge in [0.25, 0.3) is 0 Å². The molecule has 0 bridgehead atoms. The SMILES string of the molecule is N#Cc1cc[c]c(-c2ccc(O)cc2)c1. The Morgan fingerprint density at radius 2 is 1.87 bits per heavy atom. The van der Waals surface area contributed by atoms with Gasteiger partial charge in [0.1, 0.15) is 5.75 Å². The van der Waals surface area contributed by atoms with Crippen LogP contribution in [0.2, 0.25) is 0 Å². The zero-order valence-electron chi connectivity index (χ0n) is 7.94. The van der Waals surface area contributed by atoms with Gasteiger partial charge >= 0.3 is 0 Å². The third-order valence-corrected chi connectivity index (χ3v) is 2.11. The van der Waals surface area contributed by atoms with E-state index < -0.39 is 0 Å². The maximum Gasteiger partial charge on any atom is 0.115 e. The van der Waals surface area contributed by atoms with Crippen LogP contribution in [0, 0.1) is 17.4 Å². The van der Waals surface area contributed by atoms with Crippen molar-refractivity contribution in [2.45, 2.75) is 0 Å². The van der Waals surface area contributed by atoms with E-state index in [-0.39, 0.29) is 5.75 Å². The van der Waals surface area contributed by atoms with E-state index in [4.69, 9.17) is 10.4 Å². The van der Waals surface area contributed by atoms with Crippen molar-refractivity contribution in [3.63, 3.8) is 0 Å². The molecule has 2 aromatic rings. The molecule has 2 rings (SSSR count). The third-order valence-electron chi connectivity index (χ3n) is 2.11. The Balaban J connectivity index is 2.46. The maximum atomic E-state index is 9.14. The zero-order chi connectivity index (χ0) is 10.7. The summed E-state index contributed by atoms with van der Waals surface area (Å²) >= 11 is 0. The topological polar surface area (TPSA) is 44.0 Å². The van der Waals surface area contributed by atoms with Gasteiger partial charge in [0, 0.05) is 0 Å². The van der Waals surface area contributed by atoms with Gasteiger partial charge in [-0.3, -0.25) is 0 Å². The summed E-state index contributed by atoms with van der Waals surface area (Å²) in [5, 5.41) is 17.9. The van der Waals surface area contributed by atoms with E-state index in [0.29, 0.717) is 5.56 Å². The molecule has 0 aliphatic carbocycles. The van der Waals surface area contributed by atoms with Crippen LogP contribution < -0.4 is 0 Å². The standard InChI is InChI=1S/C13H8NO/c14-9-10-2-1-3-12(8-10)11-4-6-13(15)7-5-11/h1-2,4-8,15H. The van der Waals surface area contributed by atoms with Crippen molar-refractivity contribution in [2.75, 3.05) is 0 Å². The second kappa shape index (κ2) is 3.85. The van der Waals surface area contributed by atoms with Crippen molar-refractivity contribution >= 4 is 0 Å². The van der Waals surface area contributed by atoms with E-state index in [2.05, 4.69) is 12.1 Å². The molecule has 1 N–H and O–H groups in total. The van der Waals surface area contributed by atoms with Gasteiger partial charge in [-0.1, -0.05) is 18.2 Å². The summed E-state index contributed by atoms with van der Waals surface area (Å²) < 4.78 is 0. The van der Waals surface area contributed by atoms with Gasteiger partial charge < -0.3 is 5.11 Å². The average Bonchev–Trinajstić information content (AvgIpc) is 2.30. The van der Waals surface area contributed by atoms with Gasteiger partial charge in [0.2, 0.25) is 0 Å². The van der Waals surface area contributed by atoms with Crippen LogP contribution in [0.25, 0.3) is 11.1 Å². The van der Waals surface area contributed by atoms with E-state index in [1.807, 2.05) is 0 Å². The minimum absolute atomic E-state index is 0.232. The largest absolute Gasteiger partial charge is 0.508 e. The Labute approximate surface area is 88.0 Å². The van der Waals surface area contributed by atoms with Gasteiger partial charge in [0.05, 0.1) is 11.6 Å². The molecule has 0 unspecified atom stereocenters. The summed E-state index contributed by atoms with van der Waals surface area (Å²) in [5.41, 5.74) is 2.40. The molecule has 0 saturated heterocycles. The van der Waals surface area contributed by atoms with Crippen LogP contribution in [-0.2, 0) is 0 Å². The molecule has 2 nitrogen and oxygen atoms in total. The predicted octanol–water partition coefficient (Wildman–Crippen LogP) is 2.73. The molecule has 0 aliphatic rings. The predicted molar refractivity (Wildman–Crippen MR) is 57.1 cm³/mol. The monoisotopic (exact) mass is 194 g/mol. The molecule has 0 heterocycles. The summed E-state index contributed by atoms with van der Waals surface area (Å²) in [7, 11) is 0. The molecule has 0 aromatic heterocycles. The van der Waals surface area contributed by atoms with Crippen LogP contribution >= 0.6 is 0 Å². The zero-order valence-corrected chi connectivity index (χ0v) is 7.94. The fourth-order valence-electron chi connectivity index (χ4n) is 1.34. The normalized spacial score (nSPS) is 9.53. The molecule has 2 aromatic carbocycles. The van der Waals surface area contributed by atoms with E-state index in [1.165, 1.54) is 0 Å². The molecular formula is C13H8NO. The maximum absolute atomic E-state index is 9.14. The lowest BCUT2D eigenvalue weighted by Crippen LogP contribution is -1.79. The third kappa shape index (κ3) is 1.97. The van der Waals surface area contributed by atoms with E-state index in [9.17, 15) is 0 Å². The fourth-order valence-corrected chi connectivity index (χ4v) is 1.34. The van der Waals surface area contributed by atoms with Gasteiger partial charge in [-0.05, 0) is 41.5 Å². The first-order chi connectivity index (χ1) is 7.29. The van der Waals surface area contributed by atoms with Crippen LogP contribution in [0.4, 0.5) is 0 Å². The first-order valence-corrected chi connectivity index (χ1v) is 4.51. The van der Waals surface area contributed by atoms with Crippen molar-refractivity contribution in [1.82, 2.24) is 0 Å². The molecule has 1 radical (unpaired) electrons. The number of benzene rings is 2. The summed E-state index contributed by atoms with van der Waals surface area (Å²) in [6.07, 6.45) is 0. The number of phenols is 1. The van der Waals surface area contributed by atoms with E-state index >= 15 is 0 Å². The van der Waals surface area contributed by atoms with Crippen molar-refractivity contribution in [2.24, 2.45) is 0 Å². The van der Waals surface area contributed by atoms with Crippen LogP contribution in [0.5, 0.6) is 5.75 Å². The summed E-state index contributed by atoms with van der Waals surface area (Å²) in [5.74, 6) is 0.232. The molecule has 2 heteroatoms. The van der Waals surface area contributed by atoms with Crippen molar-refractivity contribution in [3.8, 4) is 22.9 Å². The highest BCUT2D eigenvalue weighted by Crippen LogP contribution is 2.21. The molecule has 0 fully saturated rings. The Morgan fingerprint density at radius 3 is 2.53 bits per heavy atom.